The van der Waals surface area contributed by atoms with Crippen molar-refractivity contribution in [2.24, 2.45) is 0 Å². The predicted octanol–water partition coefficient (Wildman–Crippen LogP) is 6.94. The van der Waals surface area contributed by atoms with Crippen LogP contribution in [0.3, 0.4) is 0 Å². The van der Waals surface area contributed by atoms with Crippen molar-refractivity contribution >= 4 is 13.3 Å². The second-order valence-corrected chi connectivity index (χ2v) is 14.9. The van der Waals surface area contributed by atoms with Gasteiger partial charge in [0.2, 0.25) is 0 Å². The Kier molecular flexibility index (Phi) is 9.48. The van der Waals surface area contributed by atoms with Crippen LogP contribution in [0.4, 0.5) is 0 Å². The summed E-state index contributed by atoms with van der Waals surface area (Å²) in [6.07, 6.45) is 3.86. The fraction of sp³-hybridized carbons (Fsp3) is 0.241. The average molecular weight is 629 g/mol. The maximum atomic E-state index is 4.68. The molecule has 4 aromatic rings. The fourth-order valence-corrected chi connectivity index (χ4v) is 5.27. The van der Waals surface area contributed by atoms with E-state index in [1.807, 2.05) is 60.7 Å². The van der Waals surface area contributed by atoms with E-state index in [0.29, 0.717) is 0 Å². The van der Waals surface area contributed by atoms with E-state index in [0.717, 1.165) is 22.5 Å². The molecule has 4 heteroatoms. The van der Waals surface area contributed by atoms with E-state index in [9.17, 15) is 0 Å². The van der Waals surface area contributed by atoms with Crippen LogP contribution in [0.5, 0.6) is 0 Å². The van der Waals surface area contributed by atoms with Gasteiger partial charge >= 0.3 is 0 Å². The van der Waals surface area contributed by atoms with Gasteiger partial charge < -0.3 is 9.97 Å². The van der Waals surface area contributed by atoms with Gasteiger partial charge in [0.15, 0.2) is 0 Å². The van der Waals surface area contributed by atoms with Gasteiger partial charge in [-0.3, -0.25) is 0 Å². The monoisotopic (exact) mass is 629 g/mol. The van der Waals surface area contributed by atoms with Gasteiger partial charge in [-0.15, -0.1) is 71.8 Å². The smallest absolute Gasteiger partial charge is 0.0771 e. The molecule has 0 unspecified atom stereocenters. The number of aromatic nitrogens is 2. The zero-order chi connectivity index (χ0) is 23.2. The van der Waals surface area contributed by atoms with E-state index in [1.165, 1.54) is 10.8 Å². The topological polar surface area (TPSA) is 25.8 Å². The van der Waals surface area contributed by atoms with E-state index in [2.05, 4.69) is 80.8 Å². The van der Waals surface area contributed by atoms with Crippen molar-refractivity contribution in [1.82, 2.24) is 9.97 Å². The fourth-order valence-electron chi connectivity index (χ4n) is 3.45. The minimum Gasteiger partial charge on any atom is -0.305 e. The van der Waals surface area contributed by atoms with Gasteiger partial charge in [-0.1, -0.05) is 63.8 Å². The molecule has 0 aliphatic rings. The maximum Gasteiger partial charge on any atom is 0.0771 e. The van der Waals surface area contributed by atoms with Gasteiger partial charge in [0.05, 0.1) is 8.07 Å². The molecule has 0 N–H and O–H groups in total. The molecule has 0 bridgehead atoms. The van der Waals surface area contributed by atoms with Crippen LogP contribution in [0.25, 0.3) is 22.5 Å². The Morgan fingerprint density at radius 2 is 1.30 bits per heavy atom. The summed E-state index contributed by atoms with van der Waals surface area (Å²) in [5, 5.41) is 1.51. The first-order valence-corrected chi connectivity index (χ1v) is 14.5. The average Bonchev–Trinajstić information content (AvgIpc) is 2.80. The van der Waals surface area contributed by atoms with Crippen molar-refractivity contribution < 1.29 is 20.1 Å². The third-order valence-corrected chi connectivity index (χ3v) is 7.18. The van der Waals surface area contributed by atoms with Gasteiger partial charge in [-0.2, -0.15) is 0 Å². The Bertz CT molecular complexity index is 1080. The molecule has 1 radical (unpaired) electrons. The van der Waals surface area contributed by atoms with Crippen molar-refractivity contribution in [3.05, 3.63) is 103 Å². The minimum atomic E-state index is -1.41. The molecule has 0 saturated heterocycles. The van der Waals surface area contributed by atoms with E-state index < -0.39 is 8.07 Å². The third kappa shape index (κ3) is 7.57. The summed E-state index contributed by atoms with van der Waals surface area (Å²) in [4.78, 5) is 8.90. The molecule has 0 fully saturated rings. The first-order chi connectivity index (χ1) is 15.2. The molecule has 0 amide bonds. The van der Waals surface area contributed by atoms with Crippen LogP contribution in [-0.2, 0) is 25.5 Å². The van der Waals surface area contributed by atoms with Crippen LogP contribution in [0.1, 0.15) is 26.3 Å². The Morgan fingerprint density at radius 3 is 1.76 bits per heavy atom. The van der Waals surface area contributed by atoms with Gasteiger partial charge in [-0.05, 0) is 28.4 Å². The zero-order valence-corrected chi connectivity index (χ0v) is 23.7. The molecule has 4 rings (SSSR count). The Balaban J connectivity index is 0.000000253. The van der Waals surface area contributed by atoms with Crippen LogP contribution < -0.4 is 5.19 Å². The number of hydrogen-bond acceptors (Lipinski definition) is 2. The summed E-state index contributed by atoms with van der Waals surface area (Å²) in [7, 11) is -1.41. The molecule has 2 heterocycles. The molecule has 173 valence electrons. The number of hydrogen-bond donors (Lipinski definition) is 0. The molecule has 2 nitrogen and oxygen atoms in total. The molecule has 2 aromatic carbocycles. The summed E-state index contributed by atoms with van der Waals surface area (Å²) in [5.41, 5.74) is 5.65. The molecule has 0 saturated carbocycles. The quantitative estimate of drug-likeness (QED) is 0.182. The van der Waals surface area contributed by atoms with Gasteiger partial charge in [-0.25, -0.2) is 0 Å². The Hall–Kier alpha value is -2.39. The number of rotatable bonds is 3. The van der Waals surface area contributed by atoms with E-state index in [-0.39, 0.29) is 25.5 Å². The molecule has 0 spiro atoms. The molecule has 0 atom stereocenters. The van der Waals surface area contributed by atoms with Crippen molar-refractivity contribution in [3.63, 3.8) is 0 Å². The van der Waals surface area contributed by atoms with Crippen LogP contribution in [0.15, 0.2) is 85.2 Å². The summed E-state index contributed by atoms with van der Waals surface area (Å²) in [6.45, 7) is 14.0. The van der Waals surface area contributed by atoms with E-state index in [1.54, 1.807) is 6.20 Å². The first-order valence-electron chi connectivity index (χ1n) is 11.0. The first kappa shape index (κ1) is 26.9. The SMILES string of the molecule is CC(C)(C)c1cnc(-c2[c-]cccc2)cc1[Si](C)(C)C.[Ir].[c-]1ccccc1-c1ccccn1. The van der Waals surface area contributed by atoms with Crippen molar-refractivity contribution in [1.29, 1.82) is 0 Å². The van der Waals surface area contributed by atoms with Gasteiger partial charge in [0, 0.05) is 32.5 Å². The summed E-state index contributed by atoms with van der Waals surface area (Å²) < 4.78 is 0. The van der Waals surface area contributed by atoms with E-state index in [4.69, 9.17) is 0 Å². The number of nitrogens with zero attached hydrogens (tertiary/aromatic N) is 2. The van der Waals surface area contributed by atoms with Crippen LogP contribution in [0, 0.1) is 12.1 Å². The Morgan fingerprint density at radius 1 is 0.727 bits per heavy atom. The van der Waals surface area contributed by atoms with Gasteiger partial charge in [0.1, 0.15) is 0 Å². The predicted molar refractivity (Wildman–Crippen MR) is 139 cm³/mol. The molecular formula is C29H32IrN2Si-2. The normalized spacial score (nSPS) is 11.1. The summed E-state index contributed by atoms with van der Waals surface area (Å²) in [6, 6.07) is 30.4. The van der Waals surface area contributed by atoms with Crippen LogP contribution in [-0.4, -0.2) is 18.0 Å². The second kappa shape index (κ2) is 11.6. The molecule has 2 aromatic heterocycles. The zero-order valence-electron chi connectivity index (χ0n) is 20.3. The summed E-state index contributed by atoms with van der Waals surface area (Å²) in [5.74, 6) is 0. The second-order valence-electron chi connectivity index (χ2n) is 9.88. The maximum absolute atomic E-state index is 4.68. The molecule has 0 aliphatic carbocycles. The van der Waals surface area contributed by atoms with Crippen molar-refractivity contribution in [3.8, 4) is 22.5 Å². The molecule has 33 heavy (non-hydrogen) atoms. The standard InChI is InChI=1S/C18H24NSi.C11H8N.Ir/c1-18(2,3)15-13-19-16(12-17(15)20(4,5)6)14-10-8-7-9-11-14;1-2-6-10(7-3-1)11-8-4-5-9-12-11;/h7-10,12-13H,1-6H3;1-6,8-9H;/q2*-1;. The van der Waals surface area contributed by atoms with Crippen LogP contribution in [0.2, 0.25) is 19.6 Å². The summed E-state index contributed by atoms with van der Waals surface area (Å²) >= 11 is 0. The van der Waals surface area contributed by atoms with Gasteiger partial charge in [0.25, 0.3) is 0 Å². The Labute approximate surface area is 213 Å². The third-order valence-electron chi connectivity index (χ3n) is 5.15. The van der Waals surface area contributed by atoms with E-state index >= 15 is 0 Å². The minimum absolute atomic E-state index is 0. The number of pyridine rings is 2. The molecular weight excluding hydrogens is 597 g/mol. The molecule has 0 aliphatic heterocycles. The number of benzene rings is 2. The van der Waals surface area contributed by atoms with Crippen molar-refractivity contribution in [2.45, 2.75) is 45.8 Å². The van der Waals surface area contributed by atoms with Crippen molar-refractivity contribution in [2.75, 3.05) is 0 Å². The van der Waals surface area contributed by atoms with Crippen LogP contribution >= 0.6 is 0 Å². The largest absolute Gasteiger partial charge is 0.305 e.